The van der Waals surface area contributed by atoms with E-state index < -0.39 is 0 Å². The second-order valence-corrected chi connectivity index (χ2v) is 8.70. The van der Waals surface area contributed by atoms with Gasteiger partial charge in [-0.1, -0.05) is 0 Å². The molecule has 7 nitrogen and oxygen atoms in total. The van der Waals surface area contributed by atoms with Crippen molar-refractivity contribution >= 4 is 11.7 Å². The molecule has 3 fully saturated rings. The summed E-state index contributed by atoms with van der Waals surface area (Å²) in [6.07, 6.45) is 6.06. The molecule has 0 bridgehead atoms. The number of piperidine rings is 2. The number of likely N-dealkylation sites (N-methyl/N-ethyl adjacent to an activating group) is 1. The van der Waals surface area contributed by atoms with Gasteiger partial charge in [0, 0.05) is 58.1 Å². The number of nitriles is 1. The molecule has 156 valence electrons. The van der Waals surface area contributed by atoms with Gasteiger partial charge in [0.2, 0.25) is 5.91 Å². The van der Waals surface area contributed by atoms with Crippen molar-refractivity contribution in [3.63, 3.8) is 0 Å². The number of rotatable bonds is 3. The standard InChI is InChI=1S/C22H32N6O/c1-25-11-13-27(14-12-25)22(29)19-3-2-8-28(17-19)20-5-9-26(10-6-20)21-15-18(16-23)4-7-24-21/h4,7,15,19-20H,2-3,5-6,8-14,17H2,1H3. The van der Waals surface area contributed by atoms with Crippen molar-refractivity contribution in [2.24, 2.45) is 5.92 Å². The molecule has 1 aromatic rings. The van der Waals surface area contributed by atoms with Gasteiger partial charge in [0.05, 0.1) is 17.6 Å². The summed E-state index contributed by atoms with van der Waals surface area (Å²) >= 11 is 0. The van der Waals surface area contributed by atoms with E-state index in [0.29, 0.717) is 17.5 Å². The van der Waals surface area contributed by atoms with E-state index in [0.717, 1.165) is 83.9 Å². The maximum Gasteiger partial charge on any atom is 0.227 e. The number of hydrogen-bond donors (Lipinski definition) is 0. The first kappa shape index (κ1) is 20.1. The van der Waals surface area contributed by atoms with E-state index in [-0.39, 0.29) is 5.92 Å². The number of nitrogens with zero attached hydrogens (tertiary/aromatic N) is 6. The average Bonchev–Trinajstić information content (AvgIpc) is 2.79. The lowest BCUT2D eigenvalue weighted by Gasteiger charge is -2.43. The van der Waals surface area contributed by atoms with Crippen LogP contribution in [0.1, 0.15) is 31.2 Å². The topological polar surface area (TPSA) is 66.7 Å². The van der Waals surface area contributed by atoms with Crippen LogP contribution in [0.5, 0.6) is 0 Å². The maximum absolute atomic E-state index is 13.0. The molecule has 1 aromatic heterocycles. The molecule has 1 unspecified atom stereocenters. The van der Waals surface area contributed by atoms with E-state index in [1.807, 2.05) is 6.07 Å². The largest absolute Gasteiger partial charge is 0.356 e. The van der Waals surface area contributed by atoms with E-state index in [1.54, 1.807) is 12.3 Å². The van der Waals surface area contributed by atoms with E-state index in [9.17, 15) is 4.79 Å². The first-order valence-corrected chi connectivity index (χ1v) is 11.0. The number of carbonyl (C=O) groups is 1. The zero-order valence-corrected chi connectivity index (χ0v) is 17.5. The number of carbonyl (C=O) groups excluding carboxylic acids is 1. The highest BCUT2D eigenvalue weighted by Crippen LogP contribution is 2.27. The smallest absolute Gasteiger partial charge is 0.227 e. The second kappa shape index (κ2) is 9.10. The normalized spacial score (nSPS) is 25.0. The first-order chi connectivity index (χ1) is 14.1. The minimum Gasteiger partial charge on any atom is -0.356 e. The fourth-order valence-electron chi connectivity index (χ4n) is 4.95. The van der Waals surface area contributed by atoms with Crippen LogP contribution in [-0.2, 0) is 4.79 Å². The van der Waals surface area contributed by atoms with Gasteiger partial charge in [-0.2, -0.15) is 5.26 Å². The van der Waals surface area contributed by atoms with E-state index in [2.05, 4.69) is 37.7 Å². The van der Waals surface area contributed by atoms with Gasteiger partial charge < -0.3 is 14.7 Å². The molecule has 0 spiro atoms. The fraction of sp³-hybridized carbons (Fsp3) is 0.682. The monoisotopic (exact) mass is 396 g/mol. The summed E-state index contributed by atoms with van der Waals surface area (Å²) in [4.78, 5) is 26.7. The van der Waals surface area contributed by atoms with Gasteiger partial charge in [-0.05, 0) is 51.4 Å². The molecular formula is C22H32N6O. The fourth-order valence-corrected chi connectivity index (χ4v) is 4.95. The van der Waals surface area contributed by atoms with Crippen molar-refractivity contribution in [3.8, 4) is 6.07 Å². The maximum atomic E-state index is 13.0. The van der Waals surface area contributed by atoms with E-state index >= 15 is 0 Å². The van der Waals surface area contributed by atoms with Gasteiger partial charge in [-0.25, -0.2) is 4.98 Å². The molecule has 1 atom stereocenters. The quantitative estimate of drug-likeness (QED) is 0.770. The molecule has 3 saturated heterocycles. The zero-order valence-electron chi connectivity index (χ0n) is 17.5. The molecule has 3 aliphatic heterocycles. The predicted octanol–water partition coefficient (Wildman–Crippen LogP) is 1.41. The Morgan fingerprint density at radius 1 is 1.10 bits per heavy atom. The molecule has 0 N–H and O–H groups in total. The lowest BCUT2D eigenvalue weighted by molar-refractivity contribution is -0.139. The van der Waals surface area contributed by atoms with Gasteiger partial charge in [0.1, 0.15) is 5.82 Å². The van der Waals surface area contributed by atoms with Gasteiger partial charge in [0.15, 0.2) is 0 Å². The van der Waals surface area contributed by atoms with E-state index in [1.165, 1.54) is 0 Å². The van der Waals surface area contributed by atoms with Gasteiger partial charge in [-0.15, -0.1) is 0 Å². The molecule has 1 amide bonds. The Balaban J connectivity index is 1.30. The number of amides is 1. The van der Waals surface area contributed by atoms with Crippen LogP contribution in [0.4, 0.5) is 5.82 Å². The minimum absolute atomic E-state index is 0.166. The molecule has 0 radical (unpaired) electrons. The highest BCUT2D eigenvalue weighted by Gasteiger charge is 2.34. The number of anilines is 1. The highest BCUT2D eigenvalue weighted by atomic mass is 16.2. The summed E-state index contributed by atoms with van der Waals surface area (Å²) in [5.41, 5.74) is 0.665. The first-order valence-electron chi connectivity index (χ1n) is 11.0. The van der Waals surface area contributed by atoms with Crippen molar-refractivity contribution in [3.05, 3.63) is 23.9 Å². The van der Waals surface area contributed by atoms with Crippen LogP contribution in [0.2, 0.25) is 0 Å². The number of likely N-dealkylation sites (tertiary alicyclic amines) is 1. The summed E-state index contributed by atoms with van der Waals surface area (Å²) < 4.78 is 0. The lowest BCUT2D eigenvalue weighted by Crippen LogP contribution is -2.54. The Hall–Kier alpha value is -2.17. The van der Waals surface area contributed by atoms with Crippen LogP contribution >= 0.6 is 0 Å². The second-order valence-electron chi connectivity index (χ2n) is 8.70. The number of hydrogen-bond acceptors (Lipinski definition) is 6. The van der Waals surface area contributed by atoms with Crippen LogP contribution < -0.4 is 4.90 Å². The Kier molecular flexibility index (Phi) is 6.31. The Morgan fingerprint density at radius 3 is 2.59 bits per heavy atom. The predicted molar refractivity (Wildman–Crippen MR) is 113 cm³/mol. The van der Waals surface area contributed by atoms with Crippen LogP contribution in [-0.4, -0.2) is 91.0 Å². The summed E-state index contributed by atoms with van der Waals surface area (Å²) in [6.45, 7) is 7.67. The summed E-state index contributed by atoms with van der Waals surface area (Å²) in [6, 6.07) is 6.38. The molecule has 29 heavy (non-hydrogen) atoms. The van der Waals surface area contributed by atoms with Gasteiger partial charge in [-0.3, -0.25) is 9.69 Å². The Bertz CT molecular complexity index is 746. The van der Waals surface area contributed by atoms with Crippen LogP contribution in [0.3, 0.4) is 0 Å². The Labute approximate surface area is 173 Å². The lowest BCUT2D eigenvalue weighted by atomic mass is 9.92. The van der Waals surface area contributed by atoms with E-state index in [4.69, 9.17) is 5.26 Å². The number of piperazine rings is 1. The molecule has 4 rings (SSSR count). The molecule has 3 aliphatic rings. The van der Waals surface area contributed by atoms with Crippen molar-refractivity contribution in [1.82, 2.24) is 19.7 Å². The van der Waals surface area contributed by atoms with Crippen molar-refractivity contribution < 1.29 is 4.79 Å². The number of aromatic nitrogens is 1. The average molecular weight is 397 g/mol. The molecule has 0 aliphatic carbocycles. The molecule has 0 saturated carbocycles. The third kappa shape index (κ3) is 4.71. The third-order valence-electron chi connectivity index (χ3n) is 6.80. The van der Waals surface area contributed by atoms with Gasteiger partial charge >= 0.3 is 0 Å². The molecule has 4 heterocycles. The highest BCUT2D eigenvalue weighted by molar-refractivity contribution is 5.79. The van der Waals surface area contributed by atoms with Crippen molar-refractivity contribution in [1.29, 1.82) is 5.26 Å². The zero-order chi connectivity index (χ0) is 20.2. The minimum atomic E-state index is 0.166. The van der Waals surface area contributed by atoms with Crippen molar-refractivity contribution in [2.75, 3.05) is 64.3 Å². The summed E-state index contributed by atoms with van der Waals surface area (Å²) in [7, 11) is 2.13. The SMILES string of the molecule is CN1CCN(C(=O)C2CCCN(C3CCN(c4cc(C#N)ccn4)CC3)C2)CC1. The van der Waals surface area contributed by atoms with Crippen LogP contribution in [0.15, 0.2) is 18.3 Å². The van der Waals surface area contributed by atoms with Gasteiger partial charge in [0.25, 0.3) is 0 Å². The third-order valence-corrected chi connectivity index (χ3v) is 6.80. The molecular weight excluding hydrogens is 364 g/mol. The van der Waals surface area contributed by atoms with Crippen LogP contribution in [0.25, 0.3) is 0 Å². The molecule has 7 heteroatoms. The molecule has 0 aromatic carbocycles. The number of pyridine rings is 1. The van der Waals surface area contributed by atoms with Crippen LogP contribution in [0, 0.1) is 17.2 Å². The Morgan fingerprint density at radius 2 is 1.86 bits per heavy atom. The summed E-state index contributed by atoms with van der Waals surface area (Å²) in [5.74, 6) is 1.45. The van der Waals surface area contributed by atoms with Crippen molar-refractivity contribution in [2.45, 2.75) is 31.7 Å². The summed E-state index contributed by atoms with van der Waals surface area (Å²) in [5, 5.41) is 9.11.